The molecule has 0 radical (unpaired) electrons. The number of hydrogen-bond donors (Lipinski definition) is 0. The van der Waals surface area contributed by atoms with Gasteiger partial charge in [-0.2, -0.15) is 0 Å². The monoisotopic (exact) mass is 600 g/mol. The van der Waals surface area contributed by atoms with Gasteiger partial charge in [0.25, 0.3) is 0 Å². The Labute approximate surface area is 268 Å². The first-order valence-electron chi connectivity index (χ1n) is 15.6. The van der Waals surface area contributed by atoms with Crippen molar-refractivity contribution in [2.75, 3.05) is 0 Å². The molecule has 0 amide bonds. The summed E-state index contributed by atoms with van der Waals surface area (Å²) in [5.74, 6) is 1.79. The first-order chi connectivity index (χ1) is 22.3. The summed E-state index contributed by atoms with van der Waals surface area (Å²) in [5, 5.41) is 2.37. The van der Waals surface area contributed by atoms with Gasteiger partial charge >= 0.3 is 7.12 Å². The highest BCUT2D eigenvalue weighted by atomic mass is 16.7. The van der Waals surface area contributed by atoms with E-state index in [1.54, 1.807) is 0 Å². The molecule has 46 heavy (non-hydrogen) atoms. The number of nitrogens with zero attached hydrogens (tertiary/aromatic N) is 4. The van der Waals surface area contributed by atoms with Crippen molar-refractivity contribution in [3.05, 3.63) is 127 Å². The van der Waals surface area contributed by atoms with Crippen molar-refractivity contribution < 1.29 is 9.31 Å². The zero-order valence-corrected chi connectivity index (χ0v) is 26.3. The van der Waals surface area contributed by atoms with Gasteiger partial charge in [-0.1, -0.05) is 103 Å². The van der Waals surface area contributed by atoms with Crippen LogP contribution >= 0.6 is 0 Å². The maximum absolute atomic E-state index is 6.52. The fourth-order valence-corrected chi connectivity index (χ4v) is 6.16. The molecule has 7 heteroatoms. The van der Waals surface area contributed by atoms with Gasteiger partial charge in [0.2, 0.25) is 0 Å². The molecular weight excluding hydrogens is 567 g/mol. The van der Waals surface area contributed by atoms with Crippen LogP contribution in [0.5, 0.6) is 0 Å². The lowest BCUT2D eigenvalue weighted by Crippen LogP contribution is -2.41. The first kappa shape index (κ1) is 28.4. The molecule has 1 aliphatic heterocycles. The predicted molar refractivity (Wildman–Crippen MR) is 186 cm³/mol. The number of fused-ring (bicyclic) bond motifs is 3. The second-order valence-electron chi connectivity index (χ2n) is 12.8. The molecule has 224 valence electrons. The van der Waals surface area contributed by atoms with Crippen LogP contribution < -0.4 is 5.46 Å². The molecule has 0 unspecified atom stereocenters. The molecule has 6 nitrogen and oxygen atoms in total. The second kappa shape index (κ2) is 10.8. The van der Waals surface area contributed by atoms with Gasteiger partial charge in [0.15, 0.2) is 17.5 Å². The third-order valence-corrected chi connectivity index (χ3v) is 9.31. The molecule has 3 heterocycles. The Morgan fingerprint density at radius 2 is 0.978 bits per heavy atom. The number of aromatic nitrogens is 4. The van der Waals surface area contributed by atoms with Gasteiger partial charge in [-0.15, -0.1) is 0 Å². The molecule has 1 fully saturated rings. The van der Waals surface area contributed by atoms with Crippen LogP contribution in [0.4, 0.5) is 0 Å². The molecule has 0 saturated carbocycles. The van der Waals surface area contributed by atoms with Gasteiger partial charge in [0.1, 0.15) is 0 Å². The van der Waals surface area contributed by atoms with Crippen LogP contribution in [-0.4, -0.2) is 37.8 Å². The Morgan fingerprint density at radius 1 is 0.522 bits per heavy atom. The average molecular weight is 601 g/mol. The molecule has 2 aromatic heterocycles. The minimum atomic E-state index is -0.542. The lowest BCUT2D eigenvalue weighted by Gasteiger charge is -2.32. The van der Waals surface area contributed by atoms with Gasteiger partial charge in [-0.25, -0.2) is 15.0 Å². The molecule has 8 rings (SSSR count). The van der Waals surface area contributed by atoms with E-state index in [0.717, 1.165) is 38.9 Å². The summed E-state index contributed by atoms with van der Waals surface area (Å²) in [6, 6.07) is 43.5. The van der Waals surface area contributed by atoms with E-state index < -0.39 is 18.3 Å². The Bertz CT molecular complexity index is 2100. The second-order valence-corrected chi connectivity index (χ2v) is 12.8. The summed E-state index contributed by atoms with van der Waals surface area (Å²) in [6.07, 6.45) is 0. The number of para-hydroxylation sites is 2. The molecule has 7 aromatic rings. The van der Waals surface area contributed by atoms with E-state index in [0.29, 0.717) is 17.5 Å². The summed E-state index contributed by atoms with van der Waals surface area (Å²) >= 11 is 0. The summed E-state index contributed by atoms with van der Waals surface area (Å²) in [5.41, 5.74) is 5.82. The van der Waals surface area contributed by atoms with Crippen molar-refractivity contribution in [3.63, 3.8) is 0 Å². The van der Waals surface area contributed by atoms with Crippen LogP contribution in [0, 0.1) is 0 Å². The molecule has 0 atom stereocenters. The molecule has 0 N–H and O–H groups in total. The minimum absolute atomic E-state index is 0.475. The van der Waals surface area contributed by atoms with Gasteiger partial charge in [0.05, 0.1) is 27.9 Å². The van der Waals surface area contributed by atoms with Crippen LogP contribution in [-0.2, 0) is 9.31 Å². The third kappa shape index (κ3) is 4.71. The van der Waals surface area contributed by atoms with Gasteiger partial charge in [-0.05, 0) is 57.4 Å². The lowest BCUT2D eigenvalue weighted by molar-refractivity contribution is 0.00578. The van der Waals surface area contributed by atoms with Gasteiger partial charge < -0.3 is 13.9 Å². The standard InChI is InChI=1S/C39H33BN4O2/c1-38(2)39(3,4)46-40(45-38)28-23-24-34(44-32-21-13-11-19-29(32)30-20-12-14-22-33(30)44)31(25-28)37-42-35(26-15-7-5-8-16-26)41-36(43-37)27-17-9-6-10-18-27/h5-25H,1-4H3. The number of rotatable bonds is 5. The lowest BCUT2D eigenvalue weighted by atomic mass is 9.78. The van der Waals surface area contributed by atoms with Crippen molar-refractivity contribution in [1.29, 1.82) is 0 Å². The summed E-state index contributed by atoms with van der Waals surface area (Å²) in [6.45, 7) is 8.30. The van der Waals surface area contributed by atoms with Crippen molar-refractivity contribution in [3.8, 4) is 39.9 Å². The van der Waals surface area contributed by atoms with Crippen LogP contribution in [0.15, 0.2) is 127 Å². The van der Waals surface area contributed by atoms with E-state index in [1.165, 1.54) is 10.8 Å². The molecule has 1 aliphatic rings. The normalized spacial score (nSPS) is 15.5. The van der Waals surface area contributed by atoms with E-state index in [-0.39, 0.29) is 0 Å². The Morgan fingerprint density at radius 3 is 1.50 bits per heavy atom. The summed E-state index contributed by atoms with van der Waals surface area (Å²) in [7, 11) is -0.542. The van der Waals surface area contributed by atoms with Gasteiger partial charge in [0, 0.05) is 27.5 Å². The van der Waals surface area contributed by atoms with Crippen molar-refractivity contribution in [2.45, 2.75) is 38.9 Å². The molecule has 1 saturated heterocycles. The summed E-state index contributed by atoms with van der Waals surface area (Å²) in [4.78, 5) is 15.2. The van der Waals surface area contributed by atoms with Crippen molar-refractivity contribution in [2.24, 2.45) is 0 Å². The third-order valence-electron chi connectivity index (χ3n) is 9.31. The van der Waals surface area contributed by atoms with E-state index in [9.17, 15) is 0 Å². The molecule has 0 bridgehead atoms. The van der Waals surface area contributed by atoms with Crippen molar-refractivity contribution >= 4 is 34.4 Å². The van der Waals surface area contributed by atoms with E-state index in [2.05, 4.69) is 99.0 Å². The number of hydrogen-bond acceptors (Lipinski definition) is 5. The highest BCUT2D eigenvalue weighted by Crippen LogP contribution is 2.39. The maximum atomic E-state index is 6.52. The fraction of sp³-hybridized carbons (Fsp3) is 0.154. The zero-order chi connectivity index (χ0) is 31.5. The SMILES string of the molecule is CC1(C)OB(c2ccc(-n3c4ccccc4c4ccccc43)c(-c3nc(-c4ccccc4)nc(-c4ccccc4)n3)c2)OC1(C)C. The minimum Gasteiger partial charge on any atom is -0.399 e. The zero-order valence-electron chi connectivity index (χ0n) is 26.3. The largest absolute Gasteiger partial charge is 0.494 e. The maximum Gasteiger partial charge on any atom is 0.494 e. The highest BCUT2D eigenvalue weighted by Gasteiger charge is 2.51. The van der Waals surface area contributed by atoms with Crippen LogP contribution in [0.25, 0.3) is 61.7 Å². The van der Waals surface area contributed by atoms with Crippen LogP contribution in [0.3, 0.4) is 0 Å². The Balaban J connectivity index is 1.42. The first-order valence-corrected chi connectivity index (χ1v) is 15.6. The Hall–Kier alpha value is -5.11. The topological polar surface area (TPSA) is 62.1 Å². The quantitative estimate of drug-likeness (QED) is 0.186. The Kier molecular flexibility index (Phi) is 6.64. The van der Waals surface area contributed by atoms with Crippen LogP contribution in [0.2, 0.25) is 0 Å². The smallest absolute Gasteiger partial charge is 0.399 e. The van der Waals surface area contributed by atoms with E-state index >= 15 is 0 Å². The summed E-state index contributed by atoms with van der Waals surface area (Å²) < 4.78 is 15.3. The molecule has 5 aromatic carbocycles. The van der Waals surface area contributed by atoms with E-state index in [1.807, 2.05) is 60.7 Å². The van der Waals surface area contributed by atoms with Gasteiger partial charge in [-0.3, -0.25) is 0 Å². The molecule has 0 aliphatic carbocycles. The van der Waals surface area contributed by atoms with E-state index in [4.69, 9.17) is 24.3 Å². The van der Waals surface area contributed by atoms with Crippen molar-refractivity contribution in [1.82, 2.24) is 19.5 Å². The average Bonchev–Trinajstić information content (AvgIpc) is 3.54. The number of benzene rings is 5. The molecule has 0 spiro atoms. The van der Waals surface area contributed by atoms with Crippen LogP contribution in [0.1, 0.15) is 27.7 Å². The molecular formula is C39H33BN4O2. The highest BCUT2D eigenvalue weighted by molar-refractivity contribution is 6.62. The predicted octanol–water partition coefficient (Wildman–Crippen LogP) is 8.27. The fourth-order valence-electron chi connectivity index (χ4n) is 6.16.